The van der Waals surface area contributed by atoms with Crippen LogP contribution in [0.3, 0.4) is 0 Å². The van der Waals surface area contributed by atoms with Crippen molar-refractivity contribution in [2.75, 3.05) is 13.1 Å². The Morgan fingerprint density at radius 1 is 1.39 bits per heavy atom. The van der Waals surface area contributed by atoms with Crippen molar-refractivity contribution in [3.63, 3.8) is 0 Å². The van der Waals surface area contributed by atoms with Crippen LogP contribution in [0.25, 0.3) is 0 Å². The van der Waals surface area contributed by atoms with Crippen LogP contribution in [-0.2, 0) is 13.6 Å². The Bertz CT molecular complexity index is 565. The summed E-state index contributed by atoms with van der Waals surface area (Å²) in [4.78, 5) is 7.26. The zero-order valence-electron chi connectivity index (χ0n) is 14.7. The van der Waals surface area contributed by atoms with Crippen LogP contribution in [0.5, 0.6) is 0 Å². The van der Waals surface area contributed by atoms with E-state index in [2.05, 4.69) is 34.3 Å². The van der Waals surface area contributed by atoms with Crippen LogP contribution in [0.2, 0.25) is 0 Å². The lowest BCUT2D eigenvalue weighted by molar-refractivity contribution is 0.321. The van der Waals surface area contributed by atoms with Gasteiger partial charge in [0.25, 0.3) is 0 Å². The zero-order chi connectivity index (χ0) is 15.7. The normalized spacial score (nSPS) is 24.7. The third-order valence-corrected chi connectivity index (χ3v) is 5.17. The van der Waals surface area contributed by atoms with E-state index in [-0.39, 0.29) is 24.0 Å². The van der Waals surface area contributed by atoms with Gasteiger partial charge in [0, 0.05) is 26.2 Å². The zero-order valence-corrected chi connectivity index (χ0v) is 17.0. The molecule has 2 aliphatic rings. The topological polar surface area (TPSA) is 58.3 Å². The average molecular weight is 432 g/mol. The van der Waals surface area contributed by atoms with E-state index < -0.39 is 0 Å². The Labute approximate surface area is 156 Å². The molecule has 23 heavy (non-hydrogen) atoms. The largest absolute Gasteiger partial charge is 0.353 e. The second-order valence-corrected chi connectivity index (χ2v) is 7.12. The summed E-state index contributed by atoms with van der Waals surface area (Å²) in [6, 6.07) is 0.619. The van der Waals surface area contributed by atoms with Crippen LogP contribution in [0.15, 0.2) is 4.99 Å². The molecule has 7 heteroatoms. The number of hydrogen-bond acceptors (Lipinski definition) is 3. The molecule has 2 heterocycles. The number of rotatable bonds is 4. The number of halogens is 1. The number of aryl methyl sites for hydroxylation is 1. The molecule has 0 spiro atoms. The number of likely N-dealkylation sites (tertiary alicyclic amines) is 1. The minimum absolute atomic E-state index is 0. The van der Waals surface area contributed by atoms with E-state index in [1.165, 1.54) is 25.7 Å². The van der Waals surface area contributed by atoms with E-state index in [9.17, 15) is 0 Å². The lowest BCUT2D eigenvalue weighted by atomic mass is 9.87. The van der Waals surface area contributed by atoms with Gasteiger partial charge in [-0.15, -0.1) is 34.2 Å². The smallest absolute Gasteiger partial charge is 0.194 e. The molecule has 1 unspecified atom stereocenters. The van der Waals surface area contributed by atoms with E-state index in [4.69, 9.17) is 4.99 Å². The average Bonchev–Trinajstić information content (AvgIpc) is 3.17. The summed E-state index contributed by atoms with van der Waals surface area (Å²) in [5.41, 5.74) is 0.424. The van der Waals surface area contributed by atoms with Gasteiger partial charge in [0.05, 0.1) is 0 Å². The highest BCUT2D eigenvalue weighted by Gasteiger charge is 2.35. The van der Waals surface area contributed by atoms with Gasteiger partial charge in [-0.25, -0.2) is 4.99 Å². The Kier molecular flexibility index (Phi) is 5.91. The van der Waals surface area contributed by atoms with Crippen molar-refractivity contribution in [3.05, 3.63) is 11.6 Å². The van der Waals surface area contributed by atoms with Crippen molar-refractivity contribution in [1.29, 1.82) is 0 Å². The molecule has 1 aromatic heterocycles. The molecule has 1 aromatic rings. The van der Waals surface area contributed by atoms with Crippen LogP contribution in [0, 0.1) is 12.3 Å². The van der Waals surface area contributed by atoms with Gasteiger partial charge in [-0.05, 0) is 38.0 Å². The van der Waals surface area contributed by atoms with Gasteiger partial charge in [-0.3, -0.25) is 0 Å². The molecule has 6 nitrogen and oxygen atoms in total. The lowest BCUT2D eigenvalue weighted by Gasteiger charge is -2.25. The van der Waals surface area contributed by atoms with Gasteiger partial charge in [-0.1, -0.05) is 13.8 Å². The number of aliphatic imine (C=N–C) groups is 1. The van der Waals surface area contributed by atoms with Crippen molar-refractivity contribution < 1.29 is 0 Å². The molecule has 1 N–H and O–H groups in total. The molecule has 1 atom stereocenters. The summed E-state index contributed by atoms with van der Waals surface area (Å²) in [5, 5.41) is 11.9. The SMILES string of the molecule is CCC1(C)CCN(C(=NCc2nnc(C)n2C)NC2CC2)C1.I. The monoisotopic (exact) mass is 432 g/mol. The Morgan fingerprint density at radius 2 is 2.13 bits per heavy atom. The van der Waals surface area contributed by atoms with E-state index in [1.54, 1.807) is 0 Å². The first-order valence-electron chi connectivity index (χ1n) is 8.41. The van der Waals surface area contributed by atoms with Crippen molar-refractivity contribution in [2.24, 2.45) is 17.5 Å². The molecule has 1 saturated heterocycles. The van der Waals surface area contributed by atoms with Gasteiger partial charge in [0.15, 0.2) is 11.8 Å². The molecule has 0 radical (unpaired) electrons. The van der Waals surface area contributed by atoms with E-state index in [0.717, 1.165) is 30.7 Å². The fourth-order valence-corrected chi connectivity index (χ4v) is 2.87. The van der Waals surface area contributed by atoms with Gasteiger partial charge >= 0.3 is 0 Å². The maximum atomic E-state index is 4.84. The Balaban J connectivity index is 0.00000192. The Morgan fingerprint density at radius 3 is 2.65 bits per heavy atom. The summed E-state index contributed by atoms with van der Waals surface area (Å²) < 4.78 is 2.01. The number of nitrogens with zero attached hydrogens (tertiary/aromatic N) is 5. The fourth-order valence-electron chi connectivity index (χ4n) is 2.87. The predicted molar refractivity (Wildman–Crippen MR) is 103 cm³/mol. The molecular weight excluding hydrogens is 403 g/mol. The van der Waals surface area contributed by atoms with E-state index in [0.29, 0.717) is 18.0 Å². The molecule has 0 aromatic carbocycles. The summed E-state index contributed by atoms with van der Waals surface area (Å²) in [5.74, 6) is 2.91. The maximum Gasteiger partial charge on any atom is 0.194 e. The molecule has 2 fully saturated rings. The molecule has 1 aliphatic heterocycles. The number of aromatic nitrogens is 3. The molecule has 1 aliphatic carbocycles. The first-order chi connectivity index (χ1) is 10.5. The van der Waals surface area contributed by atoms with Crippen LogP contribution in [0.4, 0.5) is 0 Å². The molecule has 0 bridgehead atoms. The fraction of sp³-hybridized carbons (Fsp3) is 0.812. The summed E-state index contributed by atoms with van der Waals surface area (Å²) in [6.45, 7) is 9.42. The highest BCUT2D eigenvalue weighted by Crippen LogP contribution is 2.33. The predicted octanol–water partition coefficient (Wildman–Crippen LogP) is 2.47. The highest BCUT2D eigenvalue weighted by molar-refractivity contribution is 14.0. The molecule has 1 saturated carbocycles. The van der Waals surface area contributed by atoms with Gasteiger partial charge in [-0.2, -0.15) is 0 Å². The second kappa shape index (κ2) is 7.36. The van der Waals surface area contributed by atoms with Crippen molar-refractivity contribution in [1.82, 2.24) is 25.0 Å². The van der Waals surface area contributed by atoms with Crippen LogP contribution in [-0.4, -0.2) is 44.8 Å². The third-order valence-electron chi connectivity index (χ3n) is 5.17. The van der Waals surface area contributed by atoms with Crippen molar-refractivity contribution in [3.8, 4) is 0 Å². The number of guanidine groups is 1. The molecule has 3 rings (SSSR count). The first-order valence-corrected chi connectivity index (χ1v) is 8.41. The quantitative estimate of drug-likeness (QED) is 0.451. The van der Waals surface area contributed by atoms with E-state index >= 15 is 0 Å². The van der Waals surface area contributed by atoms with Gasteiger partial charge in [0.1, 0.15) is 12.4 Å². The van der Waals surface area contributed by atoms with Gasteiger partial charge in [0.2, 0.25) is 0 Å². The molecular formula is C16H29IN6. The second-order valence-electron chi connectivity index (χ2n) is 7.12. The molecule has 0 amide bonds. The number of hydrogen-bond donors (Lipinski definition) is 1. The van der Waals surface area contributed by atoms with E-state index in [1.807, 2.05) is 18.5 Å². The lowest BCUT2D eigenvalue weighted by Crippen LogP contribution is -2.42. The summed E-state index contributed by atoms with van der Waals surface area (Å²) >= 11 is 0. The third kappa shape index (κ3) is 4.36. The minimum Gasteiger partial charge on any atom is -0.353 e. The highest BCUT2D eigenvalue weighted by atomic mass is 127. The molecule has 130 valence electrons. The van der Waals surface area contributed by atoms with Gasteiger partial charge < -0.3 is 14.8 Å². The van der Waals surface area contributed by atoms with Crippen LogP contribution in [0.1, 0.15) is 51.2 Å². The maximum absolute atomic E-state index is 4.84. The van der Waals surface area contributed by atoms with Crippen molar-refractivity contribution in [2.45, 2.75) is 59.0 Å². The first kappa shape index (κ1) is 18.5. The standard InChI is InChI=1S/C16H28N6.HI/c1-5-16(3)8-9-22(11-16)15(18-13-6-7-13)17-10-14-20-19-12(2)21(14)4;/h13H,5-11H2,1-4H3,(H,17,18);1H. The minimum atomic E-state index is 0. The van der Waals surface area contributed by atoms with Crippen LogP contribution < -0.4 is 5.32 Å². The summed E-state index contributed by atoms with van der Waals surface area (Å²) in [7, 11) is 2.00. The summed E-state index contributed by atoms with van der Waals surface area (Å²) in [6.07, 6.45) is 5.00. The number of nitrogens with one attached hydrogen (secondary N) is 1. The van der Waals surface area contributed by atoms with Crippen LogP contribution >= 0.6 is 24.0 Å². The van der Waals surface area contributed by atoms with Crippen molar-refractivity contribution >= 4 is 29.9 Å². The Hall–Kier alpha value is -0.860.